The number of esters is 5. The molecule has 2 heterocycles. The molecule has 0 radical (unpaired) electrons. The zero-order valence-electron chi connectivity index (χ0n) is 24.8. The highest BCUT2D eigenvalue weighted by atomic mass is 35.5. The molecule has 0 aromatic carbocycles. The van der Waals surface area contributed by atoms with E-state index in [9.17, 15) is 39.3 Å². The number of aliphatic hydroxyl groups excluding tert-OH is 1. The third-order valence-corrected chi connectivity index (χ3v) is 9.66. The molecule has 0 spiro atoms. The van der Waals surface area contributed by atoms with Crippen molar-refractivity contribution in [2.75, 3.05) is 6.61 Å². The smallest absolute Gasteiger partial charge is 0.312 e. The van der Waals surface area contributed by atoms with E-state index in [0.717, 1.165) is 27.7 Å². The van der Waals surface area contributed by atoms with Gasteiger partial charge >= 0.3 is 29.8 Å². The summed E-state index contributed by atoms with van der Waals surface area (Å²) < 4.78 is 34.2. The van der Waals surface area contributed by atoms with Crippen molar-refractivity contribution in [2.24, 2.45) is 17.3 Å². The molecule has 12 atom stereocenters. The molecule has 0 aromatic rings. The maximum atomic E-state index is 13.1. The van der Waals surface area contributed by atoms with E-state index in [-0.39, 0.29) is 17.0 Å². The number of carbonyl (C=O) groups is 5. The monoisotopic (exact) mass is 632 g/mol. The molecule has 2 saturated heterocycles. The fourth-order valence-electron chi connectivity index (χ4n) is 7.27. The normalized spacial score (nSPS) is 45.4. The summed E-state index contributed by atoms with van der Waals surface area (Å²) in [5.41, 5.74) is -6.53. The van der Waals surface area contributed by atoms with E-state index in [1.165, 1.54) is 20.8 Å². The quantitative estimate of drug-likeness (QED) is 0.208. The average molecular weight is 633 g/mol. The maximum absolute atomic E-state index is 13.1. The van der Waals surface area contributed by atoms with Gasteiger partial charge in [0.1, 0.15) is 42.2 Å². The first-order valence-electron chi connectivity index (χ1n) is 13.8. The first-order valence-corrected chi connectivity index (χ1v) is 14.2. The van der Waals surface area contributed by atoms with Gasteiger partial charge in [-0.2, -0.15) is 0 Å². The third-order valence-electron chi connectivity index (χ3n) is 9.22. The maximum Gasteiger partial charge on any atom is 0.312 e. The Kier molecular flexibility index (Phi) is 8.70. The van der Waals surface area contributed by atoms with Gasteiger partial charge in [0.25, 0.3) is 0 Å². The summed E-state index contributed by atoms with van der Waals surface area (Å²) in [6.45, 7) is 7.70. The predicted molar refractivity (Wildman–Crippen MR) is 142 cm³/mol. The van der Waals surface area contributed by atoms with Crippen molar-refractivity contribution in [1.29, 1.82) is 0 Å². The number of hydrogen-bond donors (Lipinski definition) is 3. The lowest BCUT2D eigenvalue weighted by molar-refractivity contribution is -0.291. The molecule has 4 aliphatic rings. The van der Waals surface area contributed by atoms with Gasteiger partial charge in [0.15, 0.2) is 11.7 Å². The van der Waals surface area contributed by atoms with Crippen molar-refractivity contribution in [3.8, 4) is 0 Å². The lowest BCUT2D eigenvalue weighted by Gasteiger charge is -2.60. The van der Waals surface area contributed by atoms with Crippen LogP contribution in [0.15, 0.2) is 10.6 Å². The van der Waals surface area contributed by atoms with Crippen molar-refractivity contribution in [1.82, 2.24) is 0 Å². The first-order chi connectivity index (χ1) is 19.8. The van der Waals surface area contributed by atoms with Gasteiger partial charge in [0, 0.05) is 45.6 Å². The van der Waals surface area contributed by atoms with E-state index < -0.39 is 108 Å². The molecule has 1 unspecified atom stereocenters. The number of epoxide rings is 1. The van der Waals surface area contributed by atoms with E-state index in [1.54, 1.807) is 0 Å². The highest BCUT2D eigenvalue weighted by molar-refractivity contribution is 6.31. The second-order valence-corrected chi connectivity index (χ2v) is 12.4. The lowest BCUT2D eigenvalue weighted by atomic mass is 9.51. The highest BCUT2D eigenvalue weighted by Crippen LogP contribution is 2.61. The van der Waals surface area contributed by atoms with Crippen molar-refractivity contribution in [3.63, 3.8) is 0 Å². The topological polar surface area (TPSA) is 205 Å². The van der Waals surface area contributed by atoms with Crippen LogP contribution in [0.25, 0.3) is 0 Å². The van der Waals surface area contributed by atoms with Crippen LogP contribution in [0, 0.1) is 17.3 Å². The summed E-state index contributed by atoms with van der Waals surface area (Å²) in [5, 5.41) is 34.9. The molecule has 4 rings (SSSR count). The molecule has 2 aliphatic carbocycles. The Morgan fingerprint density at radius 1 is 0.907 bits per heavy atom. The van der Waals surface area contributed by atoms with E-state index >= 15 is 0 Å². The SMILES string of the molecule is CC(=O)O[C@@H]1[C@H]2[C@](C)(O)[C@H](OC(C)=O)C[C@H](OC(C)=O)[C@]2(C)[C@H](OC(C)=O)[C@@H]2O[C@@H]2/C(CO)=C(/Cl)[C@@H]2OC(=O)[C@H](C)C12O. The highest BCUT2D eigenvalue weighted by Gasteiger charge is 2.76. The lowest BCUT2D eigenvalue weighted by Crippen LogP contribution is -2.75. The van der Waals surface area contributed by atoms with Crippen LogP contribution >= 0.6 is 11.6 Å². The second-order valence-electron chi connectivity index (χ2n) is 12.0. The van der Waals surface area contributed by atoms with Crippen molar-refractivity contribution >= 4 is 41.4 Å². The Morgan fingerprint density at radius 2 is 1.42 bits per heavy atom. The first kappa shape index (κ1) is 33.1. The van der Waals surface area contributed by atoms with Crippen LogP contribution in [0.1, 0.15) is 54.9 Å². The summed E-state index contributed by atoms with van der Waals surface area (Å²) in [6, 6.07) is 0. The fourth-order valence-corrected chi connectivity index (χ4v) is 7.66. The zero-order valence-corrected chi connectivity index (χ0v) is 25.6. The van der Waals surface area contributed by atoms with Crippen LogP contribution in [-0.4, -0.2) is 106 Å². The molecular weight excluding hydrogens is 596 g/mol. The van der Waals surface area contributed by atoms with E-state index in [0.29, 0.717) is 0 Å². The van der Waals surface area contributed by atoms with Gasteiger partial charge in [-0.05, 0) is 13.8 Å². The van der Waals surface area contributed by atoms with Gasteiger partial charge in [0.05, 0.1) is 23.0 Å². The number of rotatable bonds is 5. The molecule has 0 bridgehead atoms. The molecule has 3 fully saturated rings. The molecule has 0 amide bonds. The Hall–Kier alpha value is -2.78. The van der Waals surface area contributed by atoms with Gasteiger partial charge in [-0.25, -0.2) is 0 Å². The zero-order chi connectivity index (χ0) is 32.4. The van der Waals surface area contributed by atoms with E-state index in [1.807, 2.05) is 0 Å². The fraction of sp³-hybridized carbons (Fsp3) is 0.750. The van der Waals surface area contributed by atoms with Crippen LogP contribution in [0.2, 0.25) is 0 Å². The van der Waals surface area contributed by atoms with E-state index in [2.05, 4.69) is 0 Å². The summed E-state index contributed by atoms with van der Waals surface area (Å²) in [5.74, 6) is -7.34. The minimum absolute atomic E-state index is 0.00200. The van der Waals surface area contributed by atoms with Gasteiger partial charge in [-0.1, -0.05) is 18.5 Å². The average Bonchev–Trinajstić information content (AvgIpc) is 3.61. The Labute approximate surface area is 252 Å². The van der Waals surface area contributed by atoms with Crippen molar-refractivity contribution < 1.29 is 67.7 Å². The largest absolute Gasteiger partial charge is 0.462 e. The molecule has 1 saturated carbocycles. The standard InChI is InChI=1S/C28H37ClO14/c1-10-25(35)43-22-18(29)15(9-30)19-20(42-19)23(40-13(4)33)26(6)16(38-11(2)31)8-17(39-12(3)32)27(7,36)21(26)24(28(10,22)37)41-14(5)34/h10,16-17,19-24,30,36-37H,8-9H2,1-7H3/b18-15+/t10-,16-,17+,19+,20+,21+,22-,23+,24+,26-,27+,28?/m0/s1. The van der Waals surface area contributed by atoms with Crippen LogP contribution in [0.5, 0.6) is 0 Å². The molecule has 3 N–H and O–H groups in total. The summed E-state index contributed by atoms with van der Waals surface area (Å²) in [7, 11) is 0. The summed E-state index contributed by atoms with van der Waals surface area (Å²) in [6.07, 6.45) is -10.1. The molecule has 15 heteroatoms. The number of hydrogen-bond acceptors (Lipinski definition) is 14. The summed E-state index contributed by atoms with van der Waals surface area (Å²) >= 11 is 6.71. The number of aliphatic hydroxyl groups is 3. The third kappa shape index (κ3) is 5.30. The van der Waals surface area contributed by atoms with E-state index in [4.69, 9.17) is 40.0 Å². The van der Waals surface area contributed by atoms with Crippen molar-refractivity contribution in [3.05, 3.63) is 10.6 Å². The Morgan fingerprint density at radius 3 is 1.93 bits per heavy atom. The van der Waals surface area contributed by atoms with Crippen LogP contribution in [0.4, 0.5) is 0 Å². The summed E-state index contributed by atoms with van der Waals surface area (Å²) in [4.78, 5) is 63.0. The molecule has 43 heavy (non-hydrogen) atoms. The van der Waals surface area contributed by atoms with Crippen LogP contribution < -0.4 is 0 Å². The van der Waals surface area contributed by atoms with Crippen LogP contribution in [-0.2, 0) is 52.4 Å². The Bertz CT molecular complexity index is 1250. The van der Waals surface area contributed by atoms with Crippen molar-refractivity contribution in [2.45, 2.75) is 109 Å². The van der Waals surface area contributed by atoms with Gasteiger partial charge < -0.3 is 43.7 Å². The number of fused-ring (bicyclic) bond motifs is 3. The second kappa shape index (κ2) is 11.3. The molecule has 0 aromatic heterocycles. The van der Waals surface area contributed by atoms with Gasteiger partial charge in [-0.15, -0.1) is 0 Å². The predicted octanol–water partition coefficient (Wildman–Crippen LogP) is 0.0492. The molecule has 240 valence electrons. The minimum Gasteiger partial charge on any atom is -0.462 e. The number of halogens is 1. The molecule has 14 nitrogen and oxygen atoms in total. The van der Waals surface area contributed by atoms with Gasteiger partial charge in [0.2, 0.25) is 0 Å². The molecular formula is C28H37ClO14. The van der Waals surface area contributed by atoms with Gasteiger partial charge in [-0.3, -0.25) is 24.0 Å². The number of carbonyl (C=O) groups excluding carboxylic acids is 5. The Balaban J connectivity index is 2.14. The number of ether oxygens (including phenoxy) is 6. The molecule has 2 aliphatic heterocycles. The van der Waals surface area contributed by atoms with Crippen LogP contribution in [0.3, 0.4) is 0 Å². The minimum atomic E-state index is -2.53.